The number of hydrogen-bond acceptors (Lipinski definition) is 3. The van der Waals surface area contributed by atoms with Crippen LogP contribution >= 0.6 is 23.2 Å². The van der Waals surface area contributed by atoms with Gasteiger partial charge < -0.3 is 4.90 Å². The van der Waals surface area contributed by atoms with E-state index in [2.05, 4.69) is 22.5 Å². The highest BCUT2D eigenvalue weighted by Gasteiger charge is 2.13. The van der Waals surface area contributed by atoms with Crippen molar-refractivity contribution < 1.29 is 4.79 Å². The zero-order valence-corrected chi connectivity index (χ0v) is 12.1. The molecule has 0 aliphatic carbocycles. The molecule has 1 N–H and O–H groups in total. The van der Waals surface area contributed by atoms with Crippen molar-refractivity contribution in [1.82, 2.24) is 10.3 Å². The van der Waals surface area contributed by atoms with Gasteiger partial charge in [0.2, 0.25) is 0 Å². The van der Waals surface area contributed by atoms with Gasteiger partial charge >= 0.3 is 0 Å². The molecule has 2 rings (SSSR count). The van der Waals surface area contributed by atoms with Gasteiger partial charge in [0.15, 0.2) is 0 Å². The third-order valence-electron chi connectivity index (χ3n) is 3.06. The van der Waals surface area contributed by atoms with Crippen molar-refractivity contribution >= 4 is 34.8 Å². The Hall–Kier alpha value is -1.10. The molecule has 4 nitrogen and oxygen atoms in total. The van der Waals surface area contributed by atoms with Crippen molar-refractivity contribution in [2.24, 2.45) is 5.10 Å². The SMILES string of the molecule is CN1CCC(=NNC(=O)c2ccc(Cl)cc2Cl)CC1. The predicted octanol–water partition coefficient (Wildman–Crippen LogP) is 2.80. The van der Waals surface area contributed by atoms with Gasteiger partial charge in [-0.15, -0.1) is 0 Å². The number of hydrazone groups is 1. The van der Waals surface area contributed by atoms with Crippen LogP contribution in [0, 0.1) is 0 Å². The maximum atomic E-state index is 11.9. The number of amides is 1. The van der Waals surface area contributed by atoms with Gasteiger partial charge in [-0.1, -0.05) is 23.2 Å². The first-order chi connectivity index (χ1) is 9.06. The number of piperidine rings is 1. The Kier molecular flexibility index (Phi) is 4.80. The van der Waals surface area contributed by atoms with Crippen LogP contribution in [0.15, 0.2) is 23.3 Å². The molecule has 0 saturated carbocycles. The van der Waals surface area contributed by atoms with Crippen LogP contribution in [-0.2, 0) is 0 Å². The minimum atomic E-state index is -0.312. The van der Waals surface area contributed by atoms with Crippen LogP contribution in [0.4, 0.5) is 0 Å². The molecule has 1 aromatic rings. The van der Waals surface area contributed by atoms with Crippen LogP contribution in [-0.4, -0.2) is 36.7 Å². The van der Waals surface area contributed by atoms with Gasteiger partial charge in [-0.2, -0.15) is 5.10 Å². The molecule has 0 bridgehead atoms. The molecule has 0 aromatic heterocycles. The molecule has 6 heteroatoms. The maximum Gasteiger partial charge on any atom is 0.272 e. The molecule has 1 aliphatic rings. The molecule has 0 spiro atoms. The average molecular weight is 300 g/mol. The number of rotatable bonds is 2. The van der Waals surface area contributed by atoms with E-state index in [4.69, 9.17) is 23.2 Å². The molecule has 1 saturated heterocycles. The minimum Gasteiger partial charge on any atom is -0.306 e. The quantitative estimate of drug-likeness (QED) is 0.854. The minimum absolute atomic E-state index is 0.312. The lowest BCUT2D eigenvalue weighted by Gasteiger charge is -2.22. The highest BCUT2D eigenvalue weighted by atomic mass is 35.5. The summed E-state index contributed by atoms with van der Waals surface area (Å²) >= 11 is 11.8. The summed E-state index contributed by atoms with van der Waals surface area (Å²) in [6, 6.07) is 4.76. The van der Waals surface area contributed by atoms with E-state index in [1.165, 1.54) is 0 Å². The molecule has 1 aromatic carbocycles. The number of hydrogen-bond donors (Lipinski definition) is 1. The van der Waals surface area contributed by atoms with Crippen LogP contribution in [0.2, 0.25) is 10.0 Å². The molecule has 1 heterocycles. The van der Waals surface area contributed by atoms with Crippen LogP contribution in [0.3, 0.4) is 0 Å². The summed E-state index contributed by atoms with van der Waals surface area (Å²) in [6.07, 6.45) is 1.76. The first-order valence-corrected chi connectivity index (χ1v) is 6.81. The molecule has 19 heavy (non-hydrogen) atoms. The Balaban J connectivity index is 1.99. The van der Waals surface area contributed by atoms with E-state index in [1.807, 2.05) is 0 Å². The summed E-state index contributed by atoms with van der Waals surface area (Å²) in [4.78, 5) is 14.2. The van der Waals surface area contributed by atoms with Crippen molar-refractivity contribution in [2.75, 3.05) is 20.1 Å². The van der Waals surface area contributed by atoms with Crippen LogP contribution in [0.25, 0.3) is 0 Å². The summed E-state index contributed by atoms with van der Waals surface area (Å²) in [5, 5.41) is 4.99. The van der Waals surface area contributed by atoms with E-state index in [9.17, 15) is 4.79 Å². The summed E-state index contributed by atoms with van der Waals surface area (Å²) in [6.45, 7) is 1.94. The summed E-state index contributed by atoms with van der Waals surface area (Å²) in [5.74, 6) is -0.312. The van der Waals surface area contributed by atoms with E-state index in [-0.39, 0.29) is 5.91 Å². The second-order valence-corrected chi connectivity index (χ2v) is 5.39. The lowest BCUT2D eigenvalue weighted by Crippen LogP contribution is -2.32. The molecule has 1 fully saturated rings. The summed E-state index contributed by atoms with van der Waals surface area (Å²) < 4.78 is 0. The third kappa shape index (κ3) is 3.93. The smallest absolute Gasteiger partial charge is 0.272 e. The number of nitrogens with one attached hydrogen (secondary N) is 1. The van der Waals surface area contributed by atoms with Gasteiger partial charge in [0.1, 0.15) is 0 Å². The van der Waals surface area contributed by atoms with Crippen LogP contribution in [0.1, 0.15) is 23.2 Å². The highest BCUT2D eigenvalue weighted by Crippen LogP contribution is 2.20. The molecule has 102 valence electrons. The van der Waals surface area contributed by atoms with Crippen molar-refractivity contribution in [2.45, 2.75) is 12.8 Å². The standard InChI is InChI=1S/C13H15Cl2N3O/c1-18-6-4-10(5-7-18)16-17-13(19)11-3-2-9(14)8-12(11)15/h2-3,8H,4-7H2,1H3,(H,17,19). The number of halogens is 2. The second-order valence-electron chi connectivity index (χ2n) is 4.55. The van der Waals surface area contributed by atoms with Gasteiger partial charge in [-0.25, -0.2) is 5.43 Å². The second kappa shape index (κ2) is 6.37. The van der Waals surface area contributed by atoms with E-state index < -0.39 is 0 Å². The topological polar surface area (TPSA) is 44.7 Å². The monoisotopic (exact) mass is 299 g/mol. The number of benzene rings is 1. The zero-order valence-electron chi connectivity index (χ0n) is 10.6. The van der Waals surface area contributed by atoms with E-state index >= 15 is 0 Å². The fourth-order valence-corrected chi connectivity index (χ4v) is 2.35. The first-order valence-electron chi connectivity index (χ1n) is 6.05. The van der Waals surface area contributed by atoms with Crippen molar-refractivity contribution in [3.05, 3.63) is 33.8 Å². The van der Waals surface area contributed by atoms with E-state index in [1.54, 1.807) is 18.2 Å². The molecule has 0 unspecified atom stereocenters. The zero-order chi connectivity index (χ0) is 13.8. The summed E-state index contributed by atoms with van der Waals surface area (Å²) in [7, 11) is 2.07. The largest absolute Gasteiger partial charge is 0.306 e. The Morgan fingerprint density at radius 1 is 1.32 bits per heavy atom. The average Bonchev–Trinajstić information content (AvgIpc) is 2.37. The van der Waals surface area contributed by atoms with E-state index in [0.29, 0.717) is 15.6 Å². The molecule has 0 radical (unpaired) electrons. The number of carbonyl (C=O) groups excluding carboxylic acids is 1. The molecule has 0 atom stereocenters. The first kappa shape index (κ1) is 14.3. The summed E-state index contributed by atoms with van der Waals surface area (Å²) in [5.41, 5.74) is 3.94. The van der Waals surface area contributed by atoms with E-state index in [0.717, 1.165) is 31.6 Å². The molecular weight excluding hydrogens is 285 g/mol. The van der Waals surface area contributed by atoms with Gasteiger partial charge in [0.05, 0.1) is 10.6 Å². The number of likely N-dealkylation sites (tertiary alicyclic amines) is 1. The molecule has 1 aliphatic heterocycles. The van der Waals surface area contributed by atoms with Gasteiger partial charge in [-0.05, 0) is 25.2 Å². The highest BCUT2D eigenvalue weighted by molar-refractivity contribution is 6.36. The Bertz CT molecular complexity index is 507. The number of nitrogens with zero attached hydrogens (tertiary/aromatic N) is 2. The predicted molar refractivity (Wildman–Crippen MR) is 78.1 cm³/mol. The van der Waals surface area contributed by atoms with Gasteiger partial charge in [0.25, 0.3) is 5.91 Å². The van der Waals surface area contributed by atoms with Crippen LogP contribution in [0.5, 0.6) is 0 Å². The van der Waals surface area contributed by atoms with Crippen molar-refractivity contribution in [3.8, 4) is 0 Å². The Labute approximate surface area is 122 Å². The lowest BCUT2D eigenvalue weighted by molar-refractivity contribution is 0.0954. The maximum absolute atomic E-state index is 11.9. The van der Waals surface area contributed by atoms with Gasteiger partial charge in [0, 0.05) is 36.7 Å². The Morgan fingerprint density at radius 3 is 2.63 bits per heavy atom. The third-order valence-corrected chi connectivity index (χ3v) is 3.60. The van der Waals surface area contributed by atoms with Crippen molar-refractivity contribution in [3.63, 3.8) is 0 Å². The fraction of sp³-hybridized carbons (Fsp3) is 0.385. The lowest BCUT2D eigenvalue weighted by atomic mass is 10.1. The molecular formula is C13H15Cl2N3O. The fourth-order valence-electron chi connectivity index (χ4n) is 1.85. The number of carbonyl (C=O) groups is 1. The molecule has 1 amide bonds. The van der Waals surface area contributed by atoms with Crippen molar-refractivity contribution in [1.29, 1.82) is 0 Å². The normalized spacial score (nSPS) is 16.3. The van der Waals surface area contributed by atoms with Crippen LogP contribution < -0.4 is 5.43 Å². The van der Waals surface area contributed by atoms with Gasteiger partial charge in [-0.3, -0.25) is 4.79 Å². The Morgan fingerprint density at radius 2 is 2.00 bits per heavy atom.